The van der Waals surface area contributed by atoms with Crippen molar-refractivity contribution >= 4 is 17.7 Å². The van der Waals surface area contributed by atoms with Crippen LogP contribution in [0.3, 0.4) is 0 Å². The van der Waals surface area contributed by atoms with Crippen LogP contribution in [-0.2, 0) is 4.79 Å². The molecule has 1 saturated heterocycles. The Morgan fingerprint density at radius 3 is 2.94 bits per heavy atom. The van der Waals surface area contributed by atoms with Gasteiger partial charge in [-0.3, -0.25) is 0 Å². The molecule has 1 aromatic carbocycles. The van der Waals surface area contributed by atoms with Crippen LogP contribution in [0, 0.1) is 0 Å². The van der Waals surface area contributed by atoms with Gasteiger partial charge in [-0.2, -0.15) is 0 Å². The van der Waals surface area contributed by atoms with Crippen molar-refractivity contribution in [2.45, 2.75) is 31.0 Å². The predicted molar refractivity (Wildman–Crippen MR) is 60.4 cm³/mol. The molecule has 5 heteroatoms. The molecule has 0 saturated carbocycles. The first-order valence-electron chi connectivity index (χ1n) is 5.59. The zero-order valence-electron chi connectivity index (χ0n) is 9.07. The van der Waals surface area contributed by atoms with Gasteiger partial charge in [0.15, 0.2) is 5.66 Å². The molecule has 2 atom stereocenters. The van der Waals surface area contributed by atoms with E-state index >= 15 is 0 Å². The number of hydrogen-bond donors (Lipinski definition) is 1. The molecule has 2 heterocycles. The van der Waals surface area contributed by atoms with Crippen LogP contribution in [0.25, 0.3) is 0 Å². The molecular weight excluding hydrogens is 226 g/mol. The number of benzene rings is 1. The summed E-state index contributed by atoms with van der Waals surface area (Å²) < 4.78 is 26.7. The summed E-state index contributed by atoms with van der Waals surface area (Å²) in [4.78, 5) is 12.6. The molecule has 3 rings (SSSR count). The number of hydrogen-bond acceptors (Lipinski definition) is 3. The standard InChI is InChI=1S/C12H12F2N2O/c13-11(14)12-6-5-8(7-17)16(12)10-4-2-1-3-9(10)15-12/h1-4,7-8,11,15H,5-6H2. The Kier molecular flexibility index (Phi) is 2.11. The molecular formula is C12H12F2N2O. The predicted octanol–water partition coefficient (Wildman–Crippen LogP) is 2.24. The van der Waals surface area contributed by atoms with Crippen LogP contribution < -0.4 is 10.2 Å². The van der Waals surface area contributed by atoms with Gasteiger partial charge in [-0.15, -0.1) is 0 Å². The Hall–Kier alpha value is -1.65. The minimum atomic E-state index is -2.53. The largest absolute Gasteiger partial charge is 0.356 e. The lowest BCUT2D eigenvalue weighted by Gasteiger charge is -2.34. The van der Waals surface area contributed by atoms with Gasteiger partial charge in [0, 0.05) is 0 Å². The Bertz CT molecular complexity index is 466. The highest BCUT2D eigenvalue weighted by atomic mass is 19.3. The van der Waals surface area contributed by atoms with Crippen LogP contribution in [0.1, 0.15) is 12.8 Å². The average Bonchev–Trinajstić information content (AvgIpc) is 2.83. The molecule has 0 bridgehead atoms. The smallest absolute Gasteiger partial charge is 0.279 e. The molecule has 0 amide bonds. The van der Waals surface area contributed by atoms with Gasteiger partial charge in [-0.1, -0.05) is 12.1 Å². The Morgan fingerprint density at radius 2 is 2.24 bits per heavy atom. The Labute approximate surface area is 97.4 Å². The van der Waals surface area contributed by atoms with Crippen molar-refractivity contribution < 1.29 is 13.6 Å². The fourth-order valence-electron chi connectivity index (χ4n) is 2.85. The number of nitrogens with zero attached hydrogens (tertiary/aromatic N) is 1. The van der Waals surface area contributed by atoms with E-state index in [9.17, 15) is 13.6 Å². The van der Waals surface area contributed by atoms with E-state index in [0.29, 0.717) is 17.8 Å². The maximum absolute atomic E-state index is 13.3. The first-order chi connectivity index (χ1) is 8.19. The van der Waals surface area contributed by atoms with Gasteiger partial charge in [0.1, 0.15) is 6.29 Å². The average molecular weight is 238 g/mol. The van der Waals surface area contributed by atoms with Gasteiger partial charge in [-0.25, -0.2) is 8.78 Å². The van der Waals surface area contributed by atoms with Gasteiger partial charge in [-0.05, 0) is 25.0 Å². The van der Waals surface area contributed by atoms with E-state index in [0.717, 1.165) is 6.29 Å². The maximum Gasteiger partial charge on any atom is 0.279 e. The van der Waals surface area contributed by atoms with Crippen molar-refractivity contribution in [3.05, 3.63) is 24.3 Å². The molecule has 0 aromatic heterocycles. The van der Waals surface area contributed by atoms with E-state index in [4.69, 9.17) is 0 Å². The number of nitrogens with one attached hydrogen (secondary N) is 1. The molecule has 90 valence electrons. The fourth-order valence-corrected chi connectivity index (χ4v) is 2.85. The Balaban J connectivity index is 2.12. The van der Waals surface area contributed by atoms with Crippen molar-refractivity contribution in [2.75, 3.05) is 10.2 Å². The fraction of sp³-hybridized carbons (Fsp3) is 0.417. The number of carbonyl (C=O) groups is 1. The molecule has 17 heavy (non-hydrogen) atoms. The van der Waals surface area contributed by atoms with Gasteiger partial charge in [0.25, 0.3) is 6.43 Å². The van der Waals surface area contributed by atoms with Crippen LogP contribution in [-0.4, -0.2) is 24.4 Å². The van der Waals surface area contributed by atoms with Crippen molar-refractivity contribution in [1.82, 2.24) is 0 Å². The first-order valence-corrected chi connectivity index (χ1v) is 5.59. The second-order valence-electron chi connectivity index (χ2n) is 4.48. The third kappa shape index (κ3) is 1.22. The molecule has 0 spiro atoms. The van der Waals surface area contributed by atoms with Crippen molar-refractivity contribution in [3.63, 3.8) is 0 Å². The van der Waals surface area contributed by atoms with E-state index < -0.39 is 18.1 Å². The number of para-hydroxylation sites is 2. The van der Waals surface area contributed by atoms with Crippen molar-refractivity contribution in [2.24, 2.45) is 0 Å². The summed E-state index contributed by atoms with van der Waals surface area (Å²) in [7, 11) is 0. The highest BCUT2D eigenvalue weighted by molar-refractivity contribution is 5.83. The minimum absolute atomic E-state index is 0.281. The number of anilines is 2. The summed E-state index contributed by atoms with van der Waals surface area (Å²) in [6.45, 7) is 0. The van der Waals surface area contributed by atoms with Gasteiger partial charge >= 0.3 is 0 Å². The van der Waals surface area contributed by atoms with Crippen LogP contribution in [0.15, 0.2) is 24.3 Å². The Morgan fingerprint density at radius 1 is 1.47 bits per heavy atom. The summed E-state index contributed by atoms with van der Waals surface area (Å²) in [5, 5.41) is 2.89. The number of aldehydes is 1. The van der Waals surface area contributed by atoms with Crippen molar-refractivity contribution in [1.29, 1.82) is 0 Å². The van der Waals surface area contributed by atoms with E-state index in [-0.39, 0.29) is 6.42 Å². The molecule has 2 unspecified atom stereocenters. The molecule has 1 N–H and O–H groups in total. The molecule has 1 aromatic rings. The maximum atomic E-state index is 13.3. The third-order valence-electron chi connectivity index (χ3n) is 3.62. The van der Waals surface area contributed by atoms with Crippen LogP contribution in [0.2, 0.25) is 0 Å². The molecule has 2 aliphatic heterocycles. The van der Waals surface area contributed by atoms with Crippen molar-refractivity contribution in [3.8, 4) is 0 Å². The third-order valence-corrected chi connectivity index (χ3v) is 3.62. The van der Waals surface area contributed by atoms with Gasteiger partial charge in [0.05, 0.1) is 17.4 Å². The van der Waals surface area contributed by atoms with E-state index in [1.807, 2.05) is 0 Å². The summed E-state index contributed by atoms with van der Waals surface area (Å²) in [6.07, 6.45) is -1.02. The van der Waals surface area contributed by atoms with E-state index in [1.165, 1.54) is 0 Å². The first kappa shape index (κ1) is 10.5. The molecule has 0 radical (unpaired) electrons. The monoisotopic (exact) mass is 238 g/mol. The number of rotatable bonds is 2. The van der Waals surface area contributed by atoms with Gasteiger partial charge in [0.2, 0.25) is 0 Å². The SMILES string of the molecule is O=CC1CCC2(C(F)F)Nc3ccccc3N12. The lowest BCUT2D eigenvalue weighted by atomic mass is 10.1. The molecule has 3 nitrogen and oxygen atoms in total. The van der Waals surface area contributed by atoms with Gasteiger partial charge < -0.3 is 15.0 Å². The minimum Gasteiger partial charge on any atom is -0.356 e. The molecule has 0 aliphatic carbocycles. The summed E-state index contributed by atoms with van der Waals surface area (Å²) in [5.74, 6) is 0. The van der Waals surface area contributed by atoms with E-state index in [1.54, 1.807) is 29.2 Å². The quantitative estimate of drug-likeness (QED) is 0.802. The number of fused-ring (bicyclic) bond motifs is 3. The lowest BCUT2D eigenvalue weighted by Crippen LogP contribution is -2.54. The topological polar surface area (TPSA) is 32.3 Å². The van der Waals surface area contributed by atoms with Crippen LogP contribution >= 0.6 is 0 Å². The summed E-state index contributed by atoms with van der Waals surface area (Å²) >= 11 is 0. The zero-order valence-corrected chi connectivity index (χ0v) is 9.07. The number of halogens is 2. The molecule has 1 fully saturated rings. The lowest BCUT2D eigenvalue weighted by molar-refractivity contribution is -0.108. The second kappa shape index (κ2) is 3.42. The zero-order chi connectivity index (χ0) is 12.0. The number of alkyl halides is 2. The van der Waals surface area contributed by atoms with Crippen LogP contribution in [0.4, 0.5) is 20.2 Å². The second-order valence-corrected chi connectivity index (χ2v) is 4.48. The highest BCUT2D eigenvalue weighted by Gasteiger charge is 2.56. The summed E-state index contributed by atoms with van der Waals surface area (Å²) in [6, 6.07) is 6.67. The van der Waals surface area contributed by atoms with Crippen LogP contribution in [0.5, 0.6) is 0 Å². The van der Waals surface area contributed by atoms with E-state index in [2.05, 4.69) is 5.32 Å². The number of carbonyl (C=O) groups excluding carboxylic acids is 1. The normalized spacial score (nSPS) is 30.1. The molecule has 2 aliphatic rings. The highest BCUT2D eigenvalue weighted by Crippen LogP contribution is 2.50. The summed E-state index contributed by atoms with van der Waals surface area (Å²) in [5.41, 5.74) is -0.0170.